The number of hydrogen-bond acceptors (Lipinski definition) is 2. The smallest absolute Gasteiger partial charge is 0.0621 e. The van der Waals surface area contributed by atoms with Gasteiger partial charge in [-0.3, -0.25) is 4.99 Å². The topological polar surface area (TPSA) is 24.4 Å². The Balaban J connectivity index is 5.36. The van der Waals surface area contributed by atoms with E-state index in [2.05, 4.69) is 51.6 Å². The molecule has 23 heavy (non-hydrogen) atoms. The lowest BCUT2D eigenvalue weighted by Gasteiger charge is -2.26. The molecule has 1 N–H and O–H groups in total. The van der Waals surface area contributed by atoms with E-state index in [4.69, 9.17) is 4.99 Å². The average molecular weight is 315 g/mol. The number of aliphatic imine (C=N–C) groups is 1. The van der Waals surface area contributed by atoms with E-state index >= 15 is 0 Å². The first-order valence-corrected chi connectivity index (χ1v) is 8.40. The molecule has 2 heteroatoms. The van der Waals surface area contributed by atoms with E-state index in [1.54, 1.807) is 0 Å². The monoisotopic (exact) mass is 314 g/mol. The largest absolute Gasteiger partial charge is 0.392 e. The summed E-state index contributed by atoms with van der Waals surface area (Å²) < 4.78 is 0. The van der Waals surface area contributed by atoms with Gasteiger partial charge < -0.3 is 5.32 Å². The van der Waals surface area contributed by atoms with Crippen molar-refractivity contribution in [1.29, 1.82) is 0 Å². The minimum absolute atomic E-state index is 0.138. The Morgan fingerprint density at radius 2 is 1.91 bits per heavy atom. The molecule has 128 valence electrons. The van der Waals surface area contributed by atoms with E-state index in [9.17, 15) is 0 Å². The number of nitrogens with one attached hydrogen (secondary N) is 1. The van der Waals surface area contributed by atoms with Gasteiger partial charge in [-0.2, -0.15) is 0 Å². The van der Waals surface area contributed by atoms with Gasteiger partial charge in [0.05, 0.1) is 6.04 Å². The van der Waals surface area contributed by atoms with Crippen molar-refractivity contribution in [3.8, 4) is 0 Å². The highest BCUT2D eigenvalue weighted by molar-refractivity contribution is 5.81. The van der Waals surface area contributed by atoms with Crippen LogP contribution in [0.1, 0.15) is 46.5 Å². The van der Waals surface area contributed by atoms with Crippen LogP contribution in [0.5, 0.6) is 0 Å². The van der Waals surface area contributed by atoms with Crippen LogP contribution in [0.3, 0.4) is 0 Å². The second-order valence-electron chi connectivity index (χ2n) is 5.93. The predicted molar refractivity (Wildman–Crippen MR) is 106 cm³/mol. The molecule has 0 amide bonds. The van der Waals surface area contributed by atoms with Gasteiger partial charge in [0.2, 0.25) is 0 Å². The van der Waals surface area contributed by atoms with Gasteiger partial charge in [0, 0.05) is 30.8 Å². The first-order chi connectivity index (χ1) is 10.9. The van der Waals surface area contributed by atoms with E-state index < -0.39 is 0 Å². The molecule has 0 aliphatic heterocycles. The number of allylic oxidation sites excluding steroid dienone is 4. The average Bonchev–Trinajstić information content (AvgIpc) is 2.54. The molecule has 0 saturated carbocycles. The van der Waals surface area contributed by atoms with Crippen LogP contribution in [0.4, 0.5) is 0 Å². The van der Waals surface area contributed by atoms with Crippen LogP contribution in [0.2, 0.25) is 0 Å². The van der Waals surface area contributed by atoms with Gasteiger partial charge in [-0.1, -0.05) is 62.6 Å². The van der Waals surface area contributed by atoms with Crippen molar-refractivity contribution in [1.82, 2.24) is 5.32 Å². The number of hydrogen-bond donors (Lipinski definition) is 1. The molecule has 0 rings (SSSR count). The Morgan fingerprint density at radius 3 is 2.39 bits per heavy atom. The third-order valence-electron chi connectivity index (χ3n) is 4.09. The van der Waals surface area contributed by atoms with Crippen molar-refractivity contribution < 1.29 is 0 Å². The van der Waals surface area contributed by atoms with E-state index in [-0.39, 0.29) is 12.0 Å². The second-order valence-corrected chi connectivity index (χ2v) is 5.93. The molecule has 0 heterocycles. The number of rotatable bonds is 12. The molecule has 0 bridgehead atoms. The quantitative estimate of drug-likeness (QED) is 0.367. The lowest BCUT2D eigenvalue weighted by atomic mass is 9.84. The minimum atomic E-state index is 0.138. The molecule has 2 nitrogen and oxygen atoms in total. The van der Waals surface area contributed by atoms with E-state index in [0.717, 1.165) is 48.2 Å². The maximum atomic E-state index is 4.94. The van der Waals surface area contributed by atoms with Gasteiger partial charge in [-0.25, -0.2) is 0 Å². The summed E-state index contributed by atoms with van der Waals surface area (Å²) in [6, 6.07) is 0.138. The molecule has 0 aliphatic carbocycles. The SMILES string of the molecule is C=CC(=C)C(CCC(=C)/C=C\C)C(CC(=C)NC)/N=C(\C)CC. The Labute approximate surface area is 143 Å². The highest BCUT2D eigenvalue weighted by Gasteiger charge is 2.23. The summed E-state index contributed by atoms with van der Waals surface area (Å²) in [6.45, 7) is 22.5. The zero-order valence-electron chi connectivity index (χ0n) is 15.5. The molecule has 0 aromatic heterocycles. The standard InChI is InChI=1S/C21H34N2/c1-9-12-16(4)13-14-20(17(5)10-2)21(15-19(7)22-8)23-18(6)11-3/h9-10,12,20-22H,2,4-5,7,11,13-15H2,1,3,6,8H3/b12-9-,23-18+. The molecule has 0 aromatic carbocycles. The fourth-order valence-corrected chi connectivity index (χ4v) is 2.44. The zero-order valence-corrected chi connectivity index (χ0v) is 15.5. The summed E-state index contributed by atoms with van der Waals surface area (Å²) in [5, 5.41) is 3.14. The van der Waals surface area contributed by atoms with Gasteiger partial charge in [-0.05, 0) is 33.1 Å². The molecule has 0 aromatic rings. The molecule has 0 saturated heterocycles. The first-order valence-electron chi connectivity index (χ1n) is 8.40. The molecule has 2 atom stereocenters. The molecule has 0 radical (unpaired) electrons. The molecular formula is C21H34N2. The van der Waals surface area contributed by atoms with Gasteiger partial charge >= 0.3 is 0 Å². The van der Waals surface area contributed by atoms with Crippen LogP contribution in [0, 0.1) is 5.92 Å². The minimum Gasteiger partial charge on any atom is -0.392 e. The van der Waals surface area contributed by atoms with Crippen LogP contribution in [-0.2, 0) is 0 Å². The lowest BCUT2D eigenvalue weighted by Crippen LogP contribution is -2.24. The van der Waals surface area contributed by atoms with Gasteiger partial charge in [-0.15, -0.1) is 0 Å². The van der Waals surface area contributed by atoms with Crippen molar-refractivity contribution in [2.24, 2.45) is 10.9 Å². The van der Waals surface area contributed by atoms with Crippen LogP contribution < -0.4 is 5.32 Å². The van der Waals surface area contributed by atoms with E-state index in [0.29, 0.717) is 0 Å². The molecule has 0 aliphatic rings. The second kappa shape index (κ2) is 11.7. The van der Waals surface area contributed by atoms with Crippen LogP contribution in [0.15, 0.2) is 66.4 Å². The summed E-state index contributed by atoms with van der Waals surface area (Å²) >= 11 is 0. The maximum Gasteiger partial charge on any atom is 0.0621 e. The van der Waals surface area contributed by atoms with Gasteiger partial charge in [0.15, 0.2) is 0 Å². The molecular weight excluding hydrogens is 280 g/mol. The Morgan fingerprint density at radius 1 is 1.26 bits per heavy atom. The zero-order chi connectivity index (χ0) is 17.8. The van der Waals surface area contributed by atoms with Crippen molar-refractivity contribution in [3.63, 3.8) is 0 Å². The van der Waals surface area contributed by atoms with E-state index in [1.165, 1.54) is 0 Å². The fourth-order valence-electron chi connectivity index (χ4n) is 2.44. The molecule has 0 spiro atoms. The summed E-state index contributed by atoms with van der Waals surface area (Å²) in [5.41, 5.74) is 4.33. The third kappa shape index (κ3) is 8.39. The van der Waals surface area contributed by atoms with Crippen LogP contribution in [-0.4, -0.2) is 18.8 Å². The van der Waals surface area contributed by atoms with Crippen molar-refractivity contribution in [2.45, 2.75) is 52.5 Å². The van der Waals surface area contributed by atoms with Crippen molar-refractivity contribution in [3.05, 3.63) is 61.4 Å². The Hall–Kier alpha value is -1.83. The first kappa shape index (κ1) is 21.2. The fraction of sp³-hybridized carbons (Fsp3) is 0.476. The predicted octanol–water partition coefficient (Wildman–Crippen LogP) is 5.62. The van der Waals surface area contributed by atoms with Gasteiger partial charge in [0.25, 0.3) is 0 Å². The third-order valence-corrected chi connectivity index (χ3v) is 4.09. The van der Waals surface area contributed by atoms with Crippen LogP contribution >= 0.6 is 0 Å². The van der Waals surface area contributed by atoms with Crippen molar-refractivity contribution >= 4 is 5.71 Å². The van der Waals surface area contributed by atoms with Crippen molar-refractivity contribution in [2.75, 3.05) is 7.05 Å². The maximum absolute atomic E-state index is 4.94. The van der Waals surface area contributed by atoms with Gasteiger partial charge in [0.1, 0.15) is 0 Å². The molecule has 0 fully saturated rings. The summed E-state index contributed by atoms with van der Waals surface area (Å²) in [6.07, 6.45) is 9.62. The lowest BCUT2D eigenvalue weighted by molar-refractivity contribution is 0.450. The Bertz CT molecular complexity index is 480. The molecule has 2 unspecified atom stereocenters. The summed E-state index contributed by atoms with van der Waals surface area (Å²) in [5.74, 6) is 0.251. The number of nitrogens with zero attached hydrogens (tertiary/aromatic N) is 1. The highest BCUT2D eigenvalue weighted by Crippen LogP contribution is 2.28. The normalized spacial score (nSPS) is 14.3. The van der Waals surface area contributed by atoms with E-state index in [1.807, 2.05) is 26.1 Å². The summed E-state index contributed by atoms with van der Waals surface area (Å²) in [7, 11) is 1.90. The Kier molecular flexibility index (Phi) is 10.8. The highest BCUT2D eigenvalue weighted by atomic mass is 14.9. The summed E-state index contributed by atoms with van der Waals surface area (Å²) in [4.78, 5) is 4.94. The van der Waals surface area contributed by atoms with Crippen LogP contribution in [0.25, 0.3) is 0 Å².